The zero-order valence-electron chi connectivity index (χ0n) is 10.8. The normalized spacial score (nSPS) is 29.3. The number of methoxy groups -OCH3 is 1. The van der Waals surface area contributed by atoms with Crippen LogP contribution in [0, 0.1) is 5.92 Å². The number of benzene rings is 2. The average Bonchev–Trinajstić information content (AvgIpc) is 3.00. The van der Waals surface area contributed by atoms with Gasteiger partial charge in [-0.2, -0.15) is 0 Å². The summed E-state index contributed by atoms with van der Waals surface area (Å²) in [5, 5.41) is 2.63. The largest absolute Gasteiger partial charge is 0.497 e. The summed E-state index contributed by atoms with van der Waals surface area (Å²) in [7, 11) is 1.72. The van der Waals surface area contributed by atoms with Gasteiger partial charge in [0.1, 0.15) is 5.75 Å². The third kappa shape index (κ3) is 1.33. The quantitative estimate of drug-likeness (QED) is 0.758. The molecule has 2 aromatic rings. The van der Waals surface area contributed by atoms with Crippen molar-refractivity contribution in [3.05, 3.63) is 42.0 Å². The first-order valence-electron chi connectivity index (χ1n) is 6.90. The Morgan fingerprint density at radius 1 is 1.11 bits per heavy atom. The van der Waals surface area contributed by atoms with Crippen molar-refractivity contribution in [3.8, 4) is 5.75 Å². The van der Waals surface area contributed by atoms with Crippen molar-refractivity contribution in [2.45, 2.75) is 31.1 Å². The van der Waals surface area contributed by atoms with Gasteiger partial charge in [0.25, 0.3) is 0 Å². The molecule has 0 amide bonds. The fourth-order valence-corrected chi connectivity index (χ4v) is 3.89. The molecular weight excluding hydrogens is 220 g/mol. The molecule has 92 valence electrons. The maximum Gasteiger partial charge on any atom is 0.119 e. The van der Waals surface area contributed by atoms with Crippen molar-refractivity contribution >= 4 is 10.8 Å². The number of ether oxygens (including phenoxy) is 1. The minimum absolute atomic E-state index is 0.564. The first-order chi connectivity index (χ1) is 8.82. The zero-order valence-corrected chi connectivity index (χ0v) is 10.8. The van der Waals surface area contributed by atoms with Crippen molar-refractivity contribution in [2.75, 3.05) is 7.11 Å². The summed E-state index contributed by atoms with van der Waals surface area (Å²) in [6.45, 7) is 0. The van der Waals surface area contributed by atoms with E-state index in [1.54, 1.807) is 12.7 Å². The minimum Gasteiger partial charge on any atom is -0.497 e. The highest BCUT2D eigenvalue weighted by Gasteiger charge is 2.57. The van der Waals surface area contributed by atoms with Crippen molar-refractivity contribution in [1.29, 1.82) is 0 Å². The van der Waals surface area contributed by atoms with E-state index in [1.165, 1.54) is 36.5 Å². The molecule has 0 spiro atoms. The Kier molecular flexibility index (Phi) is 2.03. The van der Waals surface area contributed by atoms with E-state index in [9.17, 15) is 0 Å². The lowest BCUT2D eigenvalue weighted by molar-refractivity contribution is 0.415. The molecule has 0 radical (unpaired) electrons. The van der Waals surface area contributed by atoms with Gasteiger partial charge in [-0.3, -0.25) is 0 Å². The highest BCUT2D eigenvalue weighted by molar-refractivity contribution is 5.85. The summed E-state index contributed by atoms with van der Waals surface area (Å²) >= 11 is 0. The van der Waals surface area contributed by atoms with Gasteiger partial charge in [0, 0.05) is 0 Å². The van der Waals surface area contributed by atoms with E-state index in [2.05, 4.69) is 36.4 Å². The van der Waals surface area contributed by atoms with Crippen LogP contribution in [0.25, 0.3) is 10.8 Å². The third-order valence-corrected chi connectivity index (χ3v) is 5.03. The van der Waals surface area contributed by atoms with Gasteiger partial charge in [0.2, 0.25) is 0 Å². The molecule has 0 heterocycles. The van der Waals surface area contributed by atoms with E-state index < -0.39 is 0 Å². The Morgan fingerprint density at radius 3 is 2.67 bits per heavy atom. The van der Waals surface area contributed by atoms with Crippen LogP contribution in [-0.2, 0) is 5.41 Å². The molecule has 1 nitrogen and oxygen atoms in total. The molecule has 2 unspecified atom stereocenters. The molecule has 1 heteroatoms. The summed E-state index contributed by atoms with van der Waals surface area (Å²) in [6, 6.07) is 13.4. The Balaban J connectivity index is 1.80. The van der Waals surface area contributed by atoms with Crippen LogP contribution in [0.5, 0.6) is 5.75 Å². The summed E-state index contributed by atoms with van der Waals surface area (Å²) in [6.07, 6.45) is 5.69. The number of hydrogen-bond donors (Lipinski definition) is 0. The Labute approximate surface area is 108 Å². The number of fused-ring (bicyclic) bond motifs is 2. The van der Waals surface area contributed by atoms with Gasteiger partial charge in [-0.05, 0) is 59.1 Å². The van der Waals surface area contributed by atoms with Crippen LogP contribution in [0.15, 0.2) is 36.4 Å². The predicted octanol–water partition coefficient (Wildman–Crippen LogP) is 4.29. The second-order valence-electron chi connectivity index (χ2n) is 5.88. The molecule has 0 bridgehead atoms. The fraction of sp³-hybridized carbons (Fsp3) is 0.412. The lowest BCUT2D eigenvalue weighted by atomic mass is 9.91. The fourth-order valence-electron chi connectivity index (χ4n) is 3.89. The van der Waals surface area contributed by atoms with Gasteiger partial charge in [-0.25, -0.2) is 0 Å². The molecule has 0 N–H and O–H groups in total. The molecule has 2 aliphatic rings. The van der Waals surface area contributed by atoms with Crippen molar-refractivity contribution in [1.82, 2.24) is 0 Å². The van der Waals surface area contributed by atoms with Crippen LogP contribution in [0.4, 0.5) is 0 Å². The van der Waals surface area contributed by atoms with E-state index in [-0.39, 0.29) is 0 Å². The second-order valence-corrected chi connectivity index (χ2v) is 5.88. The van der Waals surface area contributed by atoms with Crippen LogP contribution < -0.4 is 4.74 Å². The molecule has 2 fully saturated rings. The van der Waals surface area contributed by atoms with Crippen LogP contribution in [0.1, 0.15) is 31.2 Å². The molecule has 0 saturated heterocycles. The summed E-state index contributed by atoms with van der Waals surface area (Å²) in [5.41, 5.74) is 2.14. The highest BCUT2D eigenvalue weighted by atomic mass is 16.5. The lowest BCUT2D eigenvalue weighted by Gasteiger charge is -2.13. The predicted molar refractivity (Wildman–Crippen MR) is 74.1 cm³/mol. The third-order valence-electron chi connectivity index (χ3n) is 5.03. The monoisotopic (exact) mass is 238 g/mol. The van der Waals surface area contributed by atoms with Crippen molar-refractivity contribution in [3.63, 3.8) is 0 Å². The first kappa shape index (κ1) is 10.4. The van der Waals surface area contributed by atoms with Crippen LogP contribution in [0.3, 0.4) is 0 Å². The minimum atomic E-state index is 0.564. The smallest absolute Gasteiger partial charge is 0.119 e. The van der Waals surface area contributed by atoms with Gasteiger partial charge in [0.05, 0.1) is 7.11 Å². The molecular formula is C17H18O. The van der Waals surface area contributed by atoms with E-state index in [4.69, 9.17) is 4.74 Å². The van der Waals surface area contributed by atoms with Crippen LogP contribution in [0.2, 0.25) is 0 Å². The average molecular weight is 238 g/mol. The van der Waals surface area contributed by atoms with E-state index in [1.807, 2.05) is 0 Å². The molecule has 2 atom stereocenters. The SMILES string of the molecule is COc1ccc2cc(C34CCCC3C4)ccc2c1. The molecule has 2 aliphatic carbocycles. The molecule has 18 heavy (non-hydrogen) atoms. The topological polar surface area (TPSA) is 9.23 Å². The molecule has 2 saturated carbocycles. The number of hydrogen-bond acceptors (Lipinski definition) is 1. The summed E-state index contributed by atoms with van der Waals surface area (Å²) < 4.78 is 5.28. The first-order valence-corrected chi connectivity index (χ1v) is 6.90. The van der Waals surface area contributed by atoms with Gasteiger partial charge >= 0.3 is 0 Å². The number of rotatable bonds is 2. The molecule has 4 rings (SSSR count). The highest BCUT2D eigenvalue weighted by Crippen LogP contribution is 2.64. The van der Waals surface area contributed by atoms with Gasteiger partial charge < -0.3 is 4.74 Å². The van der Waals surface area contributed by atoms with Gasteiger partial charge in [-0.1, -0.05) is 30.7 Å². The maximum absolute atomic E-state index is 5.28. The van der Waals surface area contributed by atoms with Gasteiger partial charge in [-0.15, -0.1) is 0 Å². The zero-order chi connectivity index (χ0) is 12.2. The maximum atomic E-state index is 5.28. The van der Waals surface area contributed by atoms with E-state index in [0.717, 1.165) is 11.7 Å². The van der Waals surface area contributed by atoms with Crippen LogP contribution >= 0.6 is 0 Å². The standard InChI is InChI=1S/C17H18O/c1-18-16-7-5-12-9-14(6-4-13(12)10-16)17-8-2-3-15(17)11-17/h4-7,9-10,15H,2-3,8,11H2,1H3. The Bertz CT molecular complexity index is 616. The van der Waals surface area contributed by atoms with Gasteiger partial charge in [0.15, 0.2) is 0 Å². The Hall–Kier alpha value is -1.50. The van der Waals surface area contributed by atoms with Crippen molar-refractivity contribution < 1.29 is 4.74 Å². The van der Waals surface area contributed by atoms with E-state index >= 15 is 0 Å². The summed E-state index contributed by atoms with van der Waals surface area (Å²) in [4.78, 5) is 0. The summed E-state index contributed by atoms with van der Waals surface area (Å²) in [5.74, 6) is 1.92. The lowest BCUT2D eigenvalue weighted by Crippen LogP contribution is -2.04. The van der Waals surface area contributed by atoms with Crippen molar-refractivity contribution in [2.24, 2.45) is 5.92 Å². The molecule has 2 aromatic carbocycles. The molecule has 0 aliphatic heterocycles. The molecule has 0 aromatic heterocycles. The van der Waals surface area contributed by atoms with Crippen LogP contribution in [-0.4, -0.2) is 7.11 Å². The van der Waals surface area contributed by atoms with E-state index in [0.29, 0.717) is 5.41 Å². The Morgan fingerprint density at radius 2 is 1.94 bits per heavy atom. The second kappa shape index (κ2) is 3.50.